The van der Waals surface area contributed by atoms with Crippen LogP contribution < -0.4 is 15.3 Å². The van der Waals surface area contributed by atoms with Gasteiger partial charge >= 0.3 is 12.1 Å². The van der Waals surface area contributed by atoms with Crippen molar-refractivity contribution in [2.24, 2.45) is 0 Å². The fourth-order valence-corrected chi connectivity index (χ4v) is 3.86. The van der Waals surface area contributed by atoms with Gasteiger partial charge in [0.25, 0.3) is 0 Å². The molecule has 11 heteroatoms. The average molecular weight is 480 g/mol. The number of carbonyl (C=O) groups excluding carboxylic acids is 3. The highest BCUT2D eigenvalue weighted by molar-refractivity contribution is 6.31. The van der Waals surface area contributed by atoms with Crippen molar-refractivity contribution < 1.29 is 24.7 Å². The smallest absolute Gasteiger partial charge is 0.347 e. The number of nitrogens with one attached hydrogen (secondary N) is 1. The molecule has 2 N–H and O–H groups in total. The summed E-state index contributed by atoms with van der Waals surface area (Å²) in [6.45, 7) is 3.08. The lowest BCUT2D eigenvalue weighted by molar-refractivity contribution is -0.305. The minimum atomic E-state index is -1.32. The number of carboxylic acids is 1. The number of carbonyl (C=O) groups is 3. The maximum Gasteiger partial charge on any atom is 0.347 e. The van der Waals surface area contributed by atoms with Crippen LogP contribution in [0.2, 0.25) is 10.0 Å². The van der Waals surface area contributed by atoms with Gasteiger partial charge in [0.2, 0.25) is 0 Å². The Morgan fingerprint density at radius 2 is 1.62 bits per heavy atom. The second-order valence-electron chi connectivity index (χ2n) is 7.71. The minimum absolute atomic E-state index is 0.165. The van der Waals surface area contributed by atoms with Gasteiger partial charge in [-0.2, -0.15) is 5.06 Å². The van der Waals surface area contributed by atoms with Crippen LogP contribution >= 0.6 is 23.2 Å². The van der Waals surface area contributed by atoms with Crippen molar-refractivity contribution in [1.82, 2.24) is 9.96 Å². The molecule has 1 heterocycles. The van der Waals surface area contributed by atoms with Crippen LogP contribution in [0, 0.1) is 0 Å². The largest absolute Gasteiger partial charge is 0.550 e. The summed E-state index contributed by atoms with van der Waals surface area (Å²) in [5.41, 5.74) is -0.419. The van der Waals surface area contributed by atoms with Gasteiger partial charge in [-0.25, -0.2) is 9.59 Å². The number of aliphatic carboxylic acids is 1. The Hall–Kier alpha value is -3.01. The van der Waals surface area contributed by atoms with Crippen LogP contribution in [0.1, 0.15) is 20.3 Å². The predicted molar refractivity (Wildman–Crippen MR) is 118 cm³/mol. The monoisotopic (exact) mass is 479 g/mol. The number of benzene rings is 2. The fraction of sp³-hybridized carbons (Fsp3) is 0.286. The molecule has 2 aromatic rings. The molecule has 3 rings (SSSR count). The van der Waals surface area contributed by atoms with Crippen molar-refractivity contribution in [2.45, 2.75) is 32.0 Å². The third-order valence-corrected chi connectivity index (χ3v) is 5.69. The highest BCUT2D eigenvalue weighted by Crippen LogP contribution is 2.38. The summed E-state index contributed by atoms with van der Waals surface area (Å²) in [5.74, 6) is -1.32. The molecule has 32 heavy (non-hydrogen) atoms. The van der Waals surface area contributed by atoms with Gasteiger partial charge in [0.1, 0.15) is 0 Å². The van der Waals surface area contributed by atoms with Crippen molar-refractivity contribution >= 4 is 52.6 Å². The van der Waals surface area contributed by atoms with E-state index < -0.39 is 36.2 Å². The Labute approximate surface area is 194 Å². The first-order chi connectivity index (χ1) is 15.0. The zero-order valence-electron chi connectivity index (χ0n) is 17.3. The van der Waals surface area contributed by atoms with E-state index in [1.165, 1.54) is 9.80 Å². The van der Waals surface area contributed by atoms with Gasteiger partial charge in [-0.05, 0) is 62.4 Å². The third-order valence-electron chi connectivity index (χ3n) is 5.19. The Kier molecular flexibility index (Phi) is 6.82. The van der Waals surface area contributed by atoms with E-state index in [0.29, 0.717) is 26.5 Å². The molecule has 1 aliphatic heterocycles. The number of rotatable bonds is 6. The summed E-state index contributed by atoms with van der Waals surface area (Å²) in [6.07, 6.45) is -1.59. The molecule has 0 saturated carbocycles. The molecular formula is C21H21Cl2N4O5-. The topological polar surface area (TPSA) is 116 Å². The van der Waals surface area contributed by atoms with Gasteiger partial charge in [0, 0.05) is 40.4 Å². The van der Waals surface area contributed by atoms with Crippen LogP contribution in [0.25, 0.3) is 0 Å². The quantitative estimate of drug-likeness (QED) is 0.486. The van der Waals surface area contributed by atoms with Crippen molar-refractivity contribution in [3.05, 3.63) is 58.6 Å². The summed E-state index contributed by atoms with van der Waals surface area (Å²) >= 11 is 11.8. The van der Waals surface area contributed by atoms with Crippen LogP contribution in [0.5, 0.6) is 0 Å². The van der Waals surface area contributed by atoms with Crippen LogP contribution in [0.15, 0.2) is 48.5 Å². The Morgan fingerprint density at radius 1 is 1.09 bits per heavy atom. The summed E-state index contributed by atoms with van der Waals surface area (Å²) in [5, 5.41) is 25.8. The number of nitrogens with zero attached hydrogens (tertiary/aromatic N) is 3. The van der Waals surface area contributed by atoms with Crippen LogP contribution in [-0.2, 0) is 4.79 Å². The van der Waals surface area contributed by atoms with Gasteiger partial charge in [-0.3, -0.25) is 10.1 Å². The number of carboxylic acid groups (broad SMARTS) is 1. The molecule has 0 aromatic heterocycles. The van der Waals surface area contributed by atoms with Gasteiger partial charge in [0.15, 0.2) is 6.17 Å². The first kappa shape index (κ1) is 23.6. The van der Waals surface area contributed by atoms with E-state index in [-0.39, 0.29) is 6.54 Å². The summed E-state index contributed by atoms with van der Waals surface area (Å²) in [7, 11) is 0. The minimum Gasteiger partial charge on any atom is -0.550 e. The lowest BCUT2D eigenvalue weighted by atomic mass is 9.99. The molecule has 1 fully saturated rings. The number of anilines is 2. The predicted octanol–water partition coefficient (Wildman–Crippen LogP) is 3.40. The molecule has 0 aliphatic carbocycles. The van der Waals surface area contributed by atoms with E-state index >= 15 is 0 Å². The zero-order chi connectivity index (χ0) is 23.6. The first-order valence-corrected chi connectivity index (χ1v) is 10.4. The zero-order valence-corrected chi connectivity index (χ0v) is 18.8. The van der Waals surface area contributed by atoms with Gasteiger partial charge in [-0.15, -0.1) is 0 Å². The van der Waals surface area contributed by atoms with Gasteiger partial charge in [-0.1, -0.05) is 23.2 Å². The van der Waals surface area contributed by atoms with Crippen molar-refractivity contribution in [1.29, 1.82) is 0 Å². The third kappa shape index (κ3) is 4.74. The molecule has 1 aliphatic rings. The molecule has 0 spiro atoms. The Bertz CT molecular complexity index is 1010. The molecule has 0 unspecified atom stereocenters. The second-order valence-corrected chi connectivity index (χ2v) is 8.58. The number of hydrogen-bond acceptors (Lipinski definition) is 5. The number of hydrogen-bond donors (Lipinski definition) is 2. The summed E-state index contributed by atoms with van der Waals surface area (Å²) in [6, 6.07) is 11.0. The molecule has 0 bridgehead atoms. The maximum atomic E-state index is 13.3. The highest BCUT2D eigenvalue weighted by Gasteiger charge is 2.55. The van der Waals surface area contributed by atoms with Crippen molar-refractivity contribution in [3.63, 3.8) is 0 Å². The van der Waals surface area contributed by atoms with Crippen LogP contribution in [0.4, 0.5) is 21.0 Å². The van der Waals surface area contributed by atoms with Gasteiger partial charge < -0.3 is 20.1 Å². The van der Waals surface area contributed by atoms with E-state index in [1.54, 1.807) is 62.4 Å². The van der Waals surface area contributed by atoms with E-state index in [4.69, 9.17) is 23.2 Å². The lowest BCUT2D eigenvalue weighted by Gasteiger charge is -2.38. The molecule has 1 saturated heterocycles. The lowest BCUT2D eigenvalue weighted by Crippen LogP contribution is -2.58. The number of amides is 4. The molecule has 0 radical (unpaired) electrons. The number of hydroxylamine groups is 2. The average Bonchev–Trinajstić information content (AvgIpc) is 2.93. The fourth-order valence-electron chi connectivity index (χ4n) is 3.61. The molecule has 2 aromatic carbocycles. The Morgan fingerprint density at radius 3 is 2.16 bits per heavy atom. The van der Waals surface area contributed by atoms with Crippen LogP contribution in [-0.4, -0.2) is 51.5 Å². The summed E-state index contributed by atoms with van der Waals surface area (Å²) in [4.78, 5) is 39.6. The van der Waals surface area contributed by atoms with Crippen molar-refractivity contribution in [3.8, 4) is 0 Å². The maximum absolute atomic E-state index is 13.3. The molecule has 1 atom stereocenters. The normalized spacial score (nSPS) is 17.4. The van der Waals surface area contributed by atoms with Crippen LogP contribution in [0.3, 0.4) is 0 Å². The molecule has 4 amide bonds. The van der Waals surface area contributed by atoms with Gasteiger partial charge in [0.05, 0.1) is 5.54 Å². The second kappa shape index (κ2) is 9.23. The molecule has 170 valence electrons. The summed E-state index contributed by atoms with van der Waals surface area (Å²) < 4.78 is 0. The standard InChI is InChI=1S/C21H22Cl2N4O5/c1-21(2)18(27(32)19(30)24-15-7-3-13(22)4-8-15)26(16-9-5-14(23)6-10-16)20(31)25(21)12-11-17(28)29/h3-10,18,32H,11-12H2,1-2H3,(H,24,30)(H,28,29)/p-1/t18-/m1/s1. The number of halogens is 2. The van der Waals surface area contributed by atoms with E-state index in [9.17, 15) is 24.7 Å². The molecular weight excluding hydrogens is 459 g/mol. The SMILES string of the molecule is CC1(C)[C@@H](N(O)C(=O)Nc2ccc(Cl)cc2)N(c2ccc(Cl)cc2)C(=O)N1CCC(=O)[O-]. The Balaban J connectivity index is 1.96. The molecule has 9 nitrogen and oxygen atoms in total. The van der Waals surface area contributed by atoms with E-state index in [2.05, 4.69) is 5.32 Å². The first-order valence-electron chi connectivity index (χ1n) is 9.63. The van der Waals surface area contributed by atoms with E-state index in [0.717, 1.165) is 0 Å². The van der Waals surface area contributed by atoms with Crippen molar-refractivity contribution in [2.75, 3.05) is 16.8 Å². The number of urea groups is 2. The van der Waals surface area contributed by atoms with E-state index in [1.807, 2.05) is 0 Å². The highest BCUT2D eigenvalue weighted by atomic mass is 35.5.